The van der Waals surface area contributed by atoms with Gasteiger partial charge in [0.2, 0.25) is 0 Å². The monoisotopic (exact) mass is 255 g/mol. The van der Waals surface area contributed by atoms with Crippen LogP contribution >= 0.6 is 39.9 Å². The molecule has 1 aromatic heterocycles. The number of hydrogen-bond acceptors (Lipinski definition) is 2. The number of carbonyl (C=O) groups is 1. The minimum Gasteiger partial charge on any atom is -0.274 e. The Morgan fingerprint density at radius 1 is 1.64 bits per heavy atom. The molecule has 5 heteroatoms. The van der Waals surface area contributed by atoms with Crippen molar-refractivity contribution in [2.75, 3.05) is 0 Å². The summed E-state index contributed by atoms with van der Waals surface area (Å²) in [4.78, 5) is 14.2. The second kappa shape index (κ2) is 4.70. The Labute approximate surface area is 83.5 Å². The fourth-order valence-corrected chi connectivity index (χ4v) is 0.951. The Morgan fingerprint density at radius 3 is 2.64 bits per heavy atom. The molecule has 0 amide bonds. The topological polar surface area (TPSA) is 30.0 Å². The maximum atomic E-state index is 10.5. The summed E-state index contributed by atoms with van der Waals surface area (Å²) in [5.74, 6) is 0. The second-order valence-corrected chi connectivity index (χ2v) is 2.89. The lowest BCUT2D eigenvalue weighted by Crippen LogP contribution is -1.91. The first-order chi connectivity index (χ1) is 4.70. The average molecular weight is 257 g/mol. The van der Waals surface area contributed by atoms with Crippen LogP contribution in [0.25, 0.3) is 0 Å². The van der Waals surface area contributed by atoms with Crippen molar-refractivity contribution in [2.45, 2.75) is 0 Å². The smallest absolute Gasteiger partial charge is 0.270 e. The molecule has 1 rings (SSSR count). The van der Waals surface area contributed by atoms with Crippen molar-refractivity contribution in [1.29, 1.82) is 0 Å². The third-order valence-electron chi connectivity index (χ3n) is 0.923. The Hall–Kier alpha value is -0.120. The second-order valence-electron chi connectivity index (χ2n) is 1.63. The van der Waals surface area contributed by atoms with Crippen LogP contribution < -0.4 is 0 Å². The lowest BCUT2D eigenvalue weighted by molar-refractivity contribution is 0.107. The highest BCUT2D eigenvalue weighted by atomic mass is 79.9. The van der Waals surface area contributed by atoms with E-state index in [1.165, 1.54) is 6.20 Å². The molecule has 0 aliphatic rings. The van der Waals surface area contributed by atoms with Crippen LogP contribution in [0.3, 0.4) is 0 Å². The van der Waals surface area contributed by atoms with Gasteiger partial charge in [-0.25, -0.2) is 0 Å². The normalized spacial score (nSPS) is 8.55. The minimum absolute atomic E-state index is 0. The van der Waals surface area contributed by atoms with Crippen molar-refractivity contribution < 1.29 is 4.79 Å². The van der Waals surface area contributed by atoms with Crippen LogP contribution in [0.4, 0.5) is 0 Å². The van der Waals surface area contributed by atoms with E-state index in [2.05, 4.69) is 20.9 Å². The molecule has 0 aliphatic carbocycles. The summed E-state index contributed by atoms with van der Waals surface area (Å²) in [6, 6.07) is 3.29. The first kappa shape index (κ1) is 10.9. The first-order valence-corrected chi connectivity index (χ1v) is 3.68. The fraction of sp³-hybridized carbons (Fsp3) is 0. The molecule has 60 valence electrons. The maximum Gasteiger partial charge on any atom is 0.270 e. The summed E-state index contributed by atoms with van der Waals surface area (Å²) < 4.78 is 0.798. The number of hydrogen-bond donors (Lipinski definition) is 0. The zero-order chi connectivity index (χ0) is 7.56. The summed E-state index contributed by atoms with van der Waals surface area (Å²) in [7, 11) is 0. The molecule has 0 saturated carbocycles. The summed E-state index contributed by atoms with van der Waals surface area (Å²) in [6.45, 7) is 0. The van der Waals surface area contributed by atoms with E-state index in [0.29, 0.717) is 0 Å². The van der Waals surface area contributed by atoms with Gasteiger partial charge in [-0.3, -0.25) is 9.78 Å². The third kappa shape index (κ3) is 3.18. The molecular formula is C6H4BrCl2NO. The predicted octanol–water partition coefficient (Wildman–Crippen LogP) is 2.64. The number of carbonyl (C=O) groups excluding carboxylic acids is 1. The quantitative estimate of drug-likeness (QED) is 0.724. The molecule has 11 heavy (non-hydrogen) atoms. The molecule has 0 fully saturated rings. The summed E-state index contributed by atoms with van der Waals surface area (Å²) >= 11 is 8.33. The Morgan fingerprint density at radius 2 is 2.27 bits per heavy atom. The van der Waals surface area contributed by atoms with Crippen LogP contribution in [-0.4, -0.2) is 10.2 Å². The van der Waals surface area contributed by atoms with Crippen LogP contribution in [0.2, 0.25) is 0 Å². The van der Waals surface area contributed by atoms with Crippen molar-refractivity contribution in [2.24, 2.45) is 0 Å². The van der Waals surface area contributed by atoms with Gasteiger partial charge in [-0.15, -0.1) is 12.4 Å². The van der Waals surface area contributed by atoms with Crippen molar-refractivity contribution in [3.05, 3.63) is 28.5 Å². The average Bonchev–Trinajstić information content (AvgIpc) is 1.88. The Bertz CT molecular complexity index is 267. The molecule has 0 aliphatic heterocycles. The lowest BCUT2D eigenvalue weighted by Gasteiger charge is -1.91. The molecule has 0 bridgehead atoms. The van der Waals surface area contributed by atoms with Gasteiger partial charge < -0.3 is 0 Å². The molecule has 0 unspecified atom stereocenters. The first-order valence-electron chi connectivity index (χ1n) is 2.51. The molecule has 0 saturated heterocycles. The number of halogens is 3. The largest absolute Gasteiger partial charge is 0.274 e. The van der Waals surface area contributed by atoms with E-state index < -0.39 is 5.24 Å². The molecule has 0 spiro atoms. The number of pyridine rings is 1. The van der Waals surface area contributed by atoms with Crippen molar-refractivity contribution in [1.82, 2.24) is 4.98 Å². The van der Waals surface area contributed by atoms with Crippen LogP contribution in [0, 0.1) is 0 Å². The van der Waals surface area contributed by atoms with Gasteiger partial charge in [0.25, 0.3) is 5.24 Å². The highest BCUT2D eigenvalue weighted by Crippen LogP contribution is 2.10. The number of rotatable bonds is 1. The van der Waals surface area contributed by atoms with Gasteiger partial charge in [-0.1, -0.05) is 15.9 Å². The molecule has 0 aromatic carbocycles. The van der Waals surface area contributed by atoms with E-state index in [-0.39, 0.29) is 18.1 Å². The van der Waals surface area contributed by atoms with Gasteiger partial charge in [0.15, 0.2) is 0 Å². The van der Waals surface area contributed by atoms with Gasteiger partial charge in [-0.2, -0.15) is 0 Å². The summed E-state index contributed by atoms with van der Waals surface area (Å²) in [5, 5.41) is -0.540. The van der Waals surface area contributed by atoms with Gasteiger partial charge in [0, 0.05) is 10.7 Å². The molecule has 0 atom stereocenters. The molecule has 1 heterocycles. The highest BCUT2D eigenvalue weighted by Gasteiger charge is 2.01. The van der Waals surface area contributed by atoms with Gasteiger partial charge in [0.05, 0.1) is 0 Å². The van der Waals surface area contributed by atoms with E-state index in [0.717, 1.165) is 4.47 Å². The number of nitrogens with zero attached hydrogens (tertiary/aromatic N) is 1. The lowest BCUT2D eigenvalue weighted by atomic mass is 10.4. The molecule has 0 N–H and O–H groups in total. The van der Waals surface area contributed by atoms with E-state index in [4.69, 9.17) is 11.6 Å². The molecule has 2 nitrogen and oxygen atoms in total. The van der Waals surface area contributed by atoms with Crippen LogP contribution in [-0.2, 0) is 0 Å². The molecule has 1 aromatic rings. The summed E-state index contributed by atoms with van der Waals surface area (Å²) in [5.41, 5.74) is 0.260. The SMILES string of the molecule is Cl.O=C(Cl)c1cc(Br)ccn1. The van der Waals surface area contributed by atoms with Crippen molar-refractivity contribution >= 4 is 45.2 Å². The minimum atomic E-state index is -0.540. The molecule has 0 radical (unpaired) electrons. The zero-order valence-corrected chi connectivity index (χ0v) is 8.41. The van der Waals surface area contributed by atoms with E-state index in [1.807, 2.05) is 0 Å². The van der Waals surface area contributed by atoms with Gasteiger partial charge in [-0.05, 0) is 23.7 Å². The van der Waals surface area contributed by atoms with Crippen molar-refractivity contribution in [3.63, 3.8) is 0 Å². The third-order valence-corrected chi connectivity index (χ3v) is 1.61. The highest BCUT2D eigenvalue weighted by molar-refractivity contribution is 9.10. The Kier molecular flexibility index (Phi) is 4.65. The predicted molar refractivity (Wildman–Crippen MR) is 49.4 cm³/mol. The van der Waals surface area contributed by atoms with E-state index >= 15 is 0 Å². The fourth-order valence-electron chi connectivity index (χ4n) is 0.512. The zero-order valence-electron chi connectivity index (χ0n) is 5.25. The van der Waals surface area contributed by atoms with E-state index in [1.54, 1.807) is 12.1 Å². The summed E-state index contributed by atoms with van der Waals surface area (Å²) in [6.07, 6.45) is 1.51. The van der Waals surface area contributed by atoms with Crippen LogP contribution in [0.5, 0.6) is 0 Å². The Balaban J connectivity index is 0.000001000. The number of aromatic nitrogens is 1. The maximum absolute atomic E-state index is 10.5. The van der Waals surface area contributed by atoms with Crippen LogP contribution in [0.15, 0.2) is 22.8 Å². The van der Waals surface area contributed by atoms with E-state index in [9.17, 15) is 4.79 Å². The van der Waals surface area contributed by atoms with Crippen LogP contribution in [0.1, 0.15) is 10.5 Å². The van der Waals surface area contributed by atoms with Crippen molar-refractivity contribution in [3.8, 4) is 0 Å². The van der Waals surface area contributed by atoms with Gasteiger partial charge >= 0.3 is 0 Å². The molecular weight excluding hydrogens is 253 g/mol. The van der Waals surface area contributed by atoms with Gasteiger partial charge in [0.1, 0.15) is 5.69 Å². The standard InChI is InChI=1S/C6H3BrClNO.ClH/c7-4-1-2-9-5(3-4)6(8)10;/h1-3H;1H.